The number of hydrogen-bond donors (Lipinski definition) is 0. The number of rotatable bonds is 14. The van der Waals surface area contributed by atoms with Gasteiger partial charge >= 0.3 is 5.97 Å². The lowest BCUT2D eigenvalue weighted by molar-refractivity contribution is -0.133. The van der Waals surface area contributed by atoms with E-state index in [1.54, 1.807) is 67.8 Å². The Bertz CT molecular complexity index is 1670. The van der Waals surface area contributed by atoms with Crippen molar-refractivity contribution in [2.75, 3.05) is 56.4 Å². The summed E-state index contributed by atoms with van der Waals surface area (Å²) < 4.78 is 27.3. The summed E-state index contributed by atoms with van der Waals surface area (Å²) in [5.41, 5.74) is 0.0673. The summed E-state index contributed by atoms with van der Waals surface area (Å²) in [6, 6.07) is 8.69. The van der Waals surface area contributed by atoms with Gasteiger partial charge < -0.3 is 38.4 Å². The lowest BCUT2D eigenvalue weighted by atomic mass is 9.92. The van der Waals surface area contributed by atoms with Gasteiger partial charge in [-0.3, -0.25) is 14.4 Å². The second kappa shape index (κ2) is 19.3. The monoisotopic (exact) mass is 785 g/mol. The Morgan fingerprint density at radius 1 is 0.836 bits per heavy atom. The third-order valence-electron chi connectivity index (χ3n) is 10.00. The van der Waals surface area contributed by atoms with Gasteiger partial charge in [0, 0.05) is 57.7 Å². The highest BCUT2D eigenvalue weighted by molar-refractivity contribution is 6.34. The maximum atomic E-state index is 13.7. The number of amides is 3. The highest BCUT2D eigenvalue weighted by atomic mass is 35.5. The molecule has 5 rings (SSSR count). The predicted octanol–water partition coefficient (Wildman–Crippen LogP) is 7.86. The fourth-order valence-electron chi connectivity index (χ4n) is 7.27. The van der Waals surface area contributed by atoms with Crippen LogP contribution in [0.4, 0.5) is 11.4 Å². The quantitative estimate of drug-likeness (QED) is 0.139. The number of ether oxygens (including phenoxy) is 5. The van der Waals surface area contributed by atoms with E-state index in [0.29, 0.717) is 91.4 Å². The zero-order chi connectivity index (χ0) is 40.5. The van der Waals surface area contributed by atoms with E-state index in [0.717, 1.165) is 25.7 Å². The molecule has 55 heavy (non-hydrogen) atoms. The lowest BCUT2D eigenvalue weighted by Gasteiger charge is -2.40. The summed E-state index contributed by atoms with van der Waals surface area (Å²) in [6.45, 7) is 18.4. The molecule has 1 aliphatic carbocycles. The first-order chi connectivity index (χ1) is 26.1. The van der Waals surface area contributed by atoms with Crippen molar-refractivity contribution in [3.05, 3.63) is 46.5 Å². The number of benzene rings is 2. The molecule has 1 saturated carbocycles. The van der Waals surface area contributed by atoms with E-state index < -0.39 is 17.2 Å². The number of esters is 1. The van der Waals surface area contributed by atoms with Crippen LogP contribution < -0.4 is 19.3 Å². The van der Waals surface area contributed by atoms with Crippen LogP contribution in [0.3, 0.4) is 0 Å². The van der Waals surface area contributed by atoms with Gasteiger partial charge in [-0.1, -0.05) is 30.9 Å². The molecule has 1 fully saturated rings. The van der Waals surface area contributed by atoms with Gasteiger partial charge in [0.05, 0.1) is 34.6 Å². The summed E-state index contributed by atoms with van der Waals surface area (Å²) in [5.74, 6) is 0.323. The molecule has 12 nitrogen and oxygen atoms in total. The van der Waals surface area contributed by atoms with Crippen LogP contribution in [0.5, 0.6) is 11.5 Å². The van der Waals surface area contributed by atoms with Gasteiger partial charge in [-0.05, 0) is 105 Å². The zero-order valence-electron chi connectivity index (χ0n) is 34.1. The second-order valence-electron chi connectivity index (χ2n) is 15.3. The van der Waals surface area contributed by atoms with Crippen molar-refractivity contribution in [3.8, 4) is 11.5 Å². The van der Waals surface area contributed by atoms with Crippen LogP contribution in [0.1, 0.15) is 121 Å². The molecule has 0 aromatic heterocycles. The number of carbonyl (C=O) groups is 4. The number of carbonyl (C=O) groups excluding carboxylic acids is 4. The molecule has 0 bridgehead atoms. The van der Waals surface area contributed by atoms with Crippen molar-refractivity contribution < 1.29 is 42.9 Å². The Hall–Kier alpha value is -3.87. The van der Waals surface area contributed by atoms with E-state index in [2.05, 4.69) is 0 Å². The number of nitrogens with zero attached hydrogens (tertiary/aromatic N) is 3. The summed E-state index contributed by atoms with van der Waals surface area (Å²) >= 11 is 6.62. The fraction of sp³-hybridized carbons (Fsp3) is 0.619. The van der Waals surface area contributed by atoms with Gasteiger partial charge in [0.25, 0.3) is 17.7 Å². The van der Waals surface area contributed by atoms with E-state index in [-0.39, 0.29) is 29.8 Å². The van der Waals surface area contributed by atoms with Crippen molar-refractivity contribution in [2.45, 2.75) is 124 Å². The summed E-state index contributed by atoms with van der Waals surface area (Å²) in [7, 11) is 1.33. The molecule has 2 aromatic rings. The Morgan fingerprint density at radius 3 is 1.87 bits per heavy atom. The average Bonchev–Trinajstić information content (AvgIpc) is 3.14. The molecular weight excluding hydrogens is 726 g/mol. The molecular formula is C42H60ClN3O9. The van der Waals surface area contributed by atoms with Gasteiger partial charge in [-0.25, -0.2) is 4.79 Å². The molecule has 0 radical (unpaired) electrons. The summed E-state index contributed by atoms with van der Waals surface area (Å²) in [4.78, 5) is 56.6. The number of fused-ring (bicyclic) bond motifs is 2. The maximum Gasteiger partial charge on any atom is 0.337 e. The van der Waals surface area contributed by atoms with Gasteiger partial charge in [0.2, 0.25) is 0 Å². The number of methoxy groups -OCH3 is 1. The van der Waals surface area contributed by atoms with E-state index in [1.165, 1.54) is 13.5 Å². The smallest absolute Gasteiger partial charge is 0.337 e. The summed E-state index contributed by atoms with van der Waals surface area (Å²) in [5, 5.41) is 0.356. The standard InChI is InChI=1S/C25H37ClN2O4.C17H23NO5/c1-6-31-14-10-13-27-21-15-19(20(26)16-22(21)32-25(4,5)24(27)30)23(29)28(17(2)3)18-11-8-7-9-12-18;1-5-22-10-6-9-18-13-11-12(15(19)21-4)7-8-14(13)23-17(2,3)16(18)20/h15-18H,6-14H2,1-5H3;7-8,11H,5-6,9-10H2,1-4H3. The molecule has 2 aromatic carbocycles. The normalized spacial score (nSPS) is 17.4. The number of halogens is 1. The molecule has 0 N–H and O–H groups in total. The van der Waals surface area contributed by atoms with Gasteiger partial charge in [0.1, 0.15) is 11.5 Å². The minimum atomic E-state index is -1.00. The van der Waals surface area contributed by atoms with Crippen LogP contribution in [0.25, 0.3) is 0 Å². The number of anilines is 2. The van der Waals surface area contributed by atoms with Crippen molar-refractivity contribution in [2.24, 2.45) is 0 Å². The van der Waals surface area contributed by atoms with Gasteiger partial charge in [-0.2, -0.15) is 0 Å². The molecule has 304 valence electrons. The highest BCUT2D eigenvalue weighted by Gasteiger charge is 2.43. The fourth-order valence-corrected chi connectivity index (χ4v) is 7.50. The third-order valence-corrected chi connectivity index (χ3v) is 10.3. The lowest BCUT2D eigenvalue weighted by Crippen LogP contribution is -2.53. The van der Waals surface area contributed by atoms with Crippen LogP contribution in [-0.2, 0) is 23.8 Å². The molecule has 0 spiro atoms. The first kappa shape index (κ1) is 43.9. The Labute approximate surface area is 331 Å². The SMILES string of the molecule is CCOCCCN1C(=O)C(C)(C)Oc2cc(Cl)c(C(=O)N(C(C)C)C3CCCCC3)cc21.CCOCCCN1C(=O)C(C)(C)Oc2ccc(C(=O)OC)cc21. The van der Waals surface area contributed by atoms with Crippen LogP contribution in [0.15, 0.2) is 30.3 Å². The molecule has 3 aliphatic rings. The topological polar surface area (TPSA) is 124 Å². The molecule has 0 unspecified atom stereocenters. The van der Waals surface area contributed by atoms with Crippen LogP contribution >= 0.6 is 11.6 Å². The molecule has 0 atom stereocenters. The van der Waals surface area contributed by atoms with E-state index in [9.17, 15) is 19.2 Å². The Balaban J connectivity index is 0.000000258. The van der Waals surface area contributed by atoms with Crippen molar-refractivity contribution >= 4 is 46.7 Å². The Morgan fingerprint density at radius 2 is 1.36 bits per heavy atom. The first-order valence-corrected chi connectivity index (χ1v) is 20.0. The van der Waals surface area contributed by atoms with Crippen LogP contribution in [0.2, 0.25) is 5.02 Å². The van der Waals surface area contributed by atoms with Gasteiger partial charge in [-0.15, -0.1) is 0 Å². The van der Waals surface area contributed by atoms with E-state index in [1.807, 2.05) is 32.6 Å². The zero-order valence-corrected chi connectivity index (χ0v) is 34.9. The van der Waals surface area contributed by atoms with Crippen molar-refractivity contribution in [3.63, 3.8) is 0 Å². The van der Waals surface area contributed by atoms with Gasteiger partial charge in [0.15, 0.2) is 11.2 Å². The first-order valence-electron chi connectivity index (χ1n) is 19.6. The summed E-state index contributed by atoms with van der Waals surface area (Å²) in [6.07, 6.45) is 6.95. The van der Waals surface area contributed by atoms with Crippen LogP contribution in [-0.4, -0.2) is 98.5 Å². The third kappa shape index (κ3) is 10.5. The largest absolute Gasteiger partial charge is 0.476 e. The van der Waals surface area contributed by atoms with E-state index >= 15 is 0 Å². The second-order valence-corrected chi connectivity index (χ2v) is 15.7. The van der Waals surface area contributed by atoms with Crippen molar-refractivity contribution in [1.29, 1.82) is 0 Å². The highest BCUT2D eigenvalue weighted by Crippen LogP contribution is 2.42. The van der Waals surface area contributed by atoms with E-state index in [4.69, 9.17) is 35.3 Å². The minimum absolute atomic E-state index is 0.0665. The average molecular weight is 786 g/mol. The van der Waals surface area contributed by atoms with Crippen LogP contribution in [0, 0.1) is 0 Å². The molecule has 2 aliphatic heterocycles. The molecule has 2 heterocycles. The Kier molecular flexibility index (Phi) is 15.4. The minimum Gasteiger partial charge on any atom is -0.476 e. The molecule has 0 saturated heterocycles. The number of hydrogen-bond acceptors (Lipinski definition) is 9. The maximum absolute atomic E-state index is 13.7. The van der Waals surface area contributed by atoms with Crippen molar-refractivity contribution in [1.82, 2.24) is 4.90 Å². The molecule has 13 heteroatoms. The predicted molar refractivity (Wildman–Crippen MR) is 214 cm³/mol. The molecule has 3 amide bonds.